The van der Waals surface area contributed by atoms with E-state index in [9.17, 15) is 9.59 Å². The van der Waals surface area contributed by atoms with Gasteiger partial charge in [-0.25, -0.2) is 0 Å². The lowest BCUT2D eigenvalue weighted by Crippen LogP contribution is -2.44. The second-order valence-electron chi connectivity index (χ2n) is 9.38. The largest absolute Gasteiger partial charge is 0.356 e. The number of likely N-dealkylation sites (tertiary alicyclic amines) is 1. The summed E-state index contributed by atoms with van der Waals surface area (Å²) in [6.45, 7) is 2.89. The minimum absolute atomic E-state index is 0. The zero-order valence-corrected chi connectivity index (χ0v) is 21.2. The van der Waals surface area contributed by atoms with Gasteiger partial charge in [0, 0.05) is 32.7 Å². The van der Waals surface area contributed by atoms with Gasteiger partial charge in [0.25, 0.3) is 0 Å². The van der Waals surface area contributed by atoms with Crippen molar-refractivity contribution in [1.82, 2.24) is 20.4 Å². The Labute approximate surface area is 203 Å². The molecule has 0 aromatic carbocycles. The third-order valence-corrected chi connectivity index (χ3v) is 7.59. The summed E-state index contributed by atoms with van der Waals surface area (Å²) in [4.78, 5) is 33.7. The van der Waals surface area contributed by atoms with E-state index >= 15 is 0 Å². The Morgan fingerprint density at radius 1 is 1.06 bits per heavy atom. The summed E-state index contributed by atoms with van der Waals surface area (Å²) >= 11 is 0. The maximum atomic E-state index is 12.7. The van der Waals surface area contributed by atoms with E-state index in [1.165, 1.54) is 37.0 Å². The molecule has 4 unspecified atom stereocenters. The number of hydrogen-bond donors (Lipinski definition) is 2. The van der Waals surface area contributed by atoms with Crippen LogP contribution in [0, 0.1) is 23.7 Å². The number of imide groups is 1. The van der Waals surface area contributed by atoms with Crippen molar-refractivity contribution < 1.29 is 9.59 Å². The van der Waals surface area contributed by atoms with Gasteiger partial charge in [0.05, 0.1) is 11.8 Å². The van der Waals surface area contributed by atoms with E-state index in [1.54, 1.807) is 7.05 Å². The molecule has 4 aliphatic rings. The van der Waals surface area contributed by atoms with Gasteiger partial charge in [-0.05, 0) is 51.1 Å². The van der Waals surface area contributed by atoms with Gasteiger partial charge in [-0.3, -0.25) is 19.5 Å². The topological polar surface area (TPSA) is 77.0 Å². The van der Waals surface area contributed by atoms with E-state index in [1.807, 2.05) is 0 Å². The first-order valence-corrected chi connectivity index (χ1v) is 11.8. The SMILES string of the molecule is CN=C(NCCCN(C)C1CCCCC1)NCCN1C(=O)C2C3C=CC(C3)C2C1=O.I. The van der Waals surface area contributed by atoms with E-state index in [2.05, 4.69) is 39.7 Å². The number of aliphatic imine (C=N–C) groups is 1. The molecule has 4 rings (SSSR count). The zero-order chi connectivity index (χ0) is 21.1. The fourth-order valence-corrected chi connectivity index (χ4v) is 5.93. The lowest BCUT2D eigenvalue weighted by Gasteiger charge is -2.31. The number of nitrogens with one attached hydrogen (secondary N) is 2. The lowest BCUT2D eigenvalue weighted by molar-refractivity contribution is -0.140. The molecular weight excluding hydrogens is 505 g/mol. The number of guanidine groups is 1. The Bertz CT molecular complexity index is 676. The predicted octanol–water partition coefficient (Wildman–Crippen LogP) is 2.23. The molecule has 2 amide bonds. The molecule has 0 spiro atoms. The quantitative estimate of drug-likeness (QED) is 0.123. The van der Waals surface area contributed by atoms with Crippen molar-refractivity contribution in [2.45, 2.75) is 51.0 Å². The summed E-state index contributed by atoms with van der Waals surface area (Å²) in [5.74, 6) is 1.12. The molecule has 0 radical (unpaired) electrons. The standard InChI is InChI=1S/C23H37N5O2.HI/c1-24-23(25-11-6-13-27(2)18-7-4-3-5-8-18)26-12-14-28-21(29)19-16-9-10-17(15-16)20(19)22(28)30;/h9-10,16-20H,3-8,11-15H2,1-2H3,(H2,24,25,26);1H. The highest BCUT2D eigenvalue weighted by Gasteiger charge is 2.58. The van der Waals surface area contributed by atoms with Gasteiger partial charge in [0.15, 0.2) is 5.96 Å². The fourth-order valence-electron chi connectivity index (χ4n) is 5.93. The summed E-state index contributed by atoms with van der Waals surface area (Å²) in [5, 5.41) is 6.61. The normalized spacial score (nSPS) is 30.2. The Hall–Kier alpha value is -1.16. The number of fused-ring (bicyclic) bond motifs is 5. The van der Waals surface area contributed by atoms with Gasteiger partial charge in [-0.2, -0.15) is 0 Å². The minimum Gasteiger partial charge on any atom is -0.356 e. The molecule has 31 heavy (non-hydrogen) atoms. The number of rotatable bonds is 8. The van der Waals surface area contributed by atoms with Crippen molar-refractivity contribution >= 4 is 41.8 Å². The molecule has 3 aliphatic carbocycles. The molecule has 0 aromatic rings. The number of allylic oxidation sites excluding steroid dienone is 2. The third kappa shape index (κ3) is 5.26. The molecule has 1 aliphatic heterocycles. The Morgan fingerprint density at radius 2 is 1.68 bits per heavy atom. The molecular formula is C23H38IN5O2. The summed E-state index contributed by atoms with van der Waals surface area (Å²) < 4.78 is 0. The van der Waals surface area contributed by atoms with Crippen molar-refractivity contribution in [1.29, 1.82) is 0 Å². The monoisotopic (exact) mass is 543 g/mol. The van der Waals surface area contributed by atoms with Crippen LogP contribution in [0.25, 0.3) is 0 Å². The molecule has 8 heteroatoms. The van der Waals surface area contributed by atoms with Gasteiger partial charge in [-0.1, -0.05) is 31.4 Å². The van der Waals surface area contributed by atoms with Crippen LogP contribution < -0.4 is 10.6 Å². The average molecular weight is 543 g/mol. The van der Waals surface area contributed by atoms with Crippen LogP contribution in [0.4, 0.5) is 0 Å². The van der Waals surface area contributed by atoms with Crippen LogP contribution in [-0.4, -0.2) is 73.9 Å². The first-order chi connectivity index (χ1) is 14.6. The maximum Gasteiger partial charge on any atom is 0.233 e. The summed E-state index contributed by atoms with van der Waals surface area (Å²) in [6.07, 6.45) is 13.1. The fraction of sp³-hybridized carbons (Fsp3) is 0.783. The van der Waals surface area contributed by atoms with Crippen LogP contribution in [0.2, 0.25) is 0 Å². The first-order valence-electron chi connectivity index (χ1n) is 11.8. The second-order valence-corrected chi connectivity index (χ2v) is 9.38. The molecule has 2 bridgehead atoms. The van der Waals surface area contributed by atoms with Crippen molar-refractivity contribution in [2.24, 2.45) is 28.7 Å². The number of carbonyl (C=O) groups excluding carboxylic acids is 2. The molecule has 0 aromatic heterocycles. The third-order valence-electron chi connectivity index (χ3n) is 7.59. The van der Waals surface area contributed by atoms with Gasteiger partial charge >= 0.3 is 0 Å². The van der Waals surface area contributed by atoms with E-state index in [0.717, 1.165) is 37.9 Å². The Morgan fingerprint density at radius 3 is 2.29 bits per heavy atom. The van der Waals surface area contributed by atoms with E-state index in [4.69, 9.17) is 0 Å². The zero-order valence-electron chi connectivity index (χ0n) is 18.9. The average Bonchev–Trinajstić information content (AvgIpc) is 3.45. The van der Waals surface area contributed by atoms with Crippen LogP contribution in [0.15, 0.2) is 17.1 Å². The van der Waals surface area contributed by atoms with Crippen molar-refractivity contribution in [2.75, 3.05) is 40.3 Å². The first kappa shape index (κ1) is 24.5. The molecule has 2 N–H and O–H groups in total. The number of carbonyl (C=O) groups is 2. The summed E-state index contributed by atoms with van der Waals surface area (Å²) in [7, 11) is 3.99. The summed E-state index contributed by atoms with van der Waals surface area (Å²) in [5.41, 5.74) is 0. The van der Waals surface area contributed by atoms with Crippen LogP contribution in [0.1, 0.15) is 44.9 Å². The Kier molecular flexibility index (Phi) is 8.78. The predicted molar refractivity (Wildman–Crippen MR) is 133 cm³/mol. The van der Waals surface area contributed by atoms with Crippen LogP contribution >= 0.6 is 24.0 Å². The molecule has 1 saturated heterocycles. The smallest absolute Gasteiger partial charge is 0.233 e. The lowest BCUT2D eigenvalue weighted by atomic mass is 9.85. The highest BCUT2D eigenvalue weighted by atomic mass is 127. The number of halogens is 1. The van der Waals surface area contributed by atoms with E-state index in [-0.39, 0.29) is 59.5 Å². The van der Waals surface area contributed by atoms with E-state index in [0.29, 0.717) is 13.1 Å². The van der Waals surface area contributed by atoms with Crippen molar-refractivity contribution in [3.8, 4) is 0 Å². The maximum absolute atomic E-state index is 12.7. The Balaban J connectivity index is 0.00000272. The highest BCUT2D eigenvalue weighted by molar-refractivity contribution is 14.0. The molecule has 3 fully saturated rings. The molecule has 7 nitrogen and oxygen atoms in total. The molecule has 2 saturated carbocycles. The molecule has 4 atom stereocenters. The van der Waals surface area contributed by atoms with E-state index < -0.39 is 0 Å². The molecule has 1 heterocycles. The van der Waals surface area contributed by atoms with Gasteiger partial charge < -0.3 is 15.5 Å². The minimum atomic E-state index is -0.105. The van der Waals surface area contributed by atoms with Crippen molar-refractivity contribution in [3.05, 3.63) is 12.2 Å². The van der Waals surface area contributed by atoms with Gasteiger partial charge in [0.2, 0.25) is 11.8 Å². The number of amides is 2. The van der Waals surface area contributed by atoms with Gasteiger partial charge in [0.1, 0.15) is 0 Å². The van der Waals surface area contributed by atoms with Crippen LogP contribution in [0.3, 0.4) is 0 Å². The highest BCUT2D eigenvalue weighted by Crippen LogP contribution is 2.52. The van der Waals surface area contributed by atoms with Gasteiger partial charge in [-0.15, -0.1) is 24.0 Å². The van der Waals surface area contributed by atoms with Crippen LogP contribution in [0.5, 0.6) is 0 Å². The van der Waals surface area contributed by atoms with Crippen LogP contribution in [-0.2, 0) is 9.59 Å². The summed E-state index contributed by atoms with van der Waals surface area (Å²) in [6, 6.07) is 0.747. The molecule has 174 valence electrons. The van der Waals surface area contributed by atoms with Crippen molar-refractivity contribution in [3.63, 3.8) is 0 Å². The second kappa shape index (κ2) is 11.1. The number of nitrogens with zero attached hydrogens (tertiary/aromatic N) is 3. The number of hydrogen-bond acceptors (Lipinski definition) is 4.